The summed E-state index contributed by atoms with van der Waals surface area (Å²) in [6.07, 6.45) is -0.341. The van der Waals surface area contributed by atoms with E-state index < -0.39 is 0 Å². The Kier molecular flexibility index (Phi) is 10.1. The van der Waals surface area contributed by atoms with Gasteiger partial charge in [0, 0.05) is 29.6 Å². The molecule has 2 rings (SSSR count). The van der Waals surface area contributed by atoms with Crippen molar-refractivity contribution in [3.8, 4) is 0 Å². The summed E-state index contributed by atoms with van der Waals surface area (Å²) in [7, 11) is 0.601. The Labute approximate surface area is 190 Å². The van der Waals surface area contributed by atoms with E-state index in [1.54, 1.807) is 0 Å². The first-order valence-corrected chi connectivity index (χ1v) is 11.0. The van der Waals surface area contributed by atoms with Crippen LogP contribution in [0.5, 0.6) is 0 Å². The summed E-state index contributed by atoms with van der Waals surface area (Å²) in [5.74, 6) is 0.831. The Bertz CT molecular complexity index is 700. The molecule has 0 aliphatic heterocycles. The van der Waals surface area contributed by atoms with E-state index in [2.05, 4.69) is 27.7 Å². The Hall–Kier alpha value is -0.623. The molecule has 0 radical (unpaired) electrons. The Morgan fingerprint density at radius 1 is 0.966 bits per heavy atom. The van der Waals surface area contributed by atoms with Crippen molar-refractivity contribution in [1.82, 2.24) is 0 Å². The largest absolute Gasteiger partial charge is 1.00 e. The number of benzene rings is 1. The normalized spacial score (nSPS) is 23.1. The number of carbonyl (C=O) groups is 1. The predicted molar refractivity (Wildman–Crippen MR) is 115 cm³/mol. The maximum Gasteiger partial charge on any atom is 1.00 e. The smallest absolute Gasteiger partial charge is 0.500 e. The monoisotopic (exact) mass is 412 g/mol. The molecule has 156 valence electrons. The van der Waals surface area contributed by atoms with E-state index in [0.29, 0.717) is 34.0 Å². The standard InChI is InChI=1S/C23H34O4P.Li/c1-8-25-18-17(28-20(24)16-14-12-11-13-15-16)19(26-9-2)23(6,7)21(27-10-3)22(18,4)5;/h11-15,18,21H,8-10H2,1-7H3;/q-1;+1. The molecule has 6 heteroatoms. The van der Waals surface area contributed by atoms with Gasteiger partial charge < -0.3 is 27.6 Å². The van der Waals surface area contributed by atoms with Crippen molar-refractivity contribution in [2.45, 2.75) is 60.7 Å². The first-order valence-electron chi connectivity index (χ1n) is 10.1. The van der Waals surface area contributed by atoms with Gasteiger partial charge in [0.15, 0.2) is 0 Å². The van der Waals surface area contributed by atoms with Crippen molar-refractivity contribution in [2.75, 3.05) is 19.8 Å². The van der Waals surface area contributed by atoms with Crippen LogP contribution in [-0.2, 0) is 14.2 Å². The maximum atomic E-state index is 13.1. The van der Waals surface area contributed by atoms with Crippen LogP contribution < -0.4 is 18.9 Å². The molecule has 1 aliphatic rings. The minimum Gasteiger partial charge on any atom is -0.500 e. The van der Waals surface area contributed by atoms with Crippen LogP contribution in [0.2, 0.25) is 0 Å². The molecule has 0 heterocycles. The zero-order valence-corrected chi connectivity index (χ0v) is 20.1. The third kappa shape index (κ3) is 5.55. The summed E-state index contributed by atoms with van der Waals surface area (Å²) >= 11 is 0. The van der Waals surface area contributed by atoms with E-state index in [0.717, 1.165) is 11.1 Å². The van der Waals surface area contributed by atoms with Gasteiger partial charge in [-0.3, -0.25) is 0 Å². The van der Waals surface area contributed by atoms with Gasteiger partial charge in [0.25, 0.3) is 0 Å². The first kappa shape index (κ1) is 26.4. The fraction of sp³-hybridized carbons (Fsp3) is 0.609. The Morgan fingerprint density at radius 2 is 1.55 bits per heavy atom. The van der Waals surface area contributed by atoms with Crippen molar-refractivity contribution < 1.29 is 37.9 Å². The van der Waals surface area contributed by atoms with Gasteiger partial charge in [0.1, 0.15) is 0 Å². The van der Waals surface area contributed by atoms with Crippen LogP contribution in [0.3, 0.4) is 0 Å². The van der Waals surface area contributed by atoms with Gasteiger partial charge in [0.2, 0.25) is 0 Å². The number of ether oxygens (including phenoxy) is 3. The molecule has 29 heavy (non-hydrogen) atoms. The maximum absolute atomic E-state index is 13.1. The van der Waals surface area contributed by atoms with Gasteiger partial charge in [-0.05, 0) is 26.3 Å². The first-order chi connectivity index (χ1) is 13.2. The van der Waals surface area contributed by atoms with Crippen molar-refractivity contribution in [3.63, 3.8) is 0 Å². The summed E-state index contributed by atoms with van der Waals surface area (Å²) in [6, 6.07) is 9.41. The van der Waals surface area contributed by atoms with Crippen LogP contribution in [0.1, 0.15) is 58.8 Å². The van der Waals surface area contributed by atoms with E-state index in [1.165, 1.54) is 0 Å². The van der Waals surface area contributed by atoms with Gasteiger partial charge in [-0.25, -0.2) is 0 Å². The molecule has 1 aromatic carbocycles. The molecule has 0 saturated carbocycles. The fourth-order valence-corrected chi connectivity index (χ4v) is 5.78. The third-order valence-corrected chi connectivity index (χ3v) is 6.41. The van der Waals surface area contributed by atoms with Crippen molar-refractivity contribution in [3.05, 3.63) is 47.0 Å². The summed E-state index contributed by atoms with van der Waals surface area (Å²) in [6.45, 7) is 16.3. The van der Waals surface area contributed by atoms with Crippen molar-refractivity contribution >= 4 is 14.1 Å². The average molecular weight is 412 g/mol. The molecule has 0 fully saturated rings. The Morgan fingerprint density at radius 3 is 2.07 bits per heavy atom. The molecule has 1 aliphatic carbocycles. The molecule has 2 unspecified atom stereocenters. The Balaban J connectivity index is 0.00000420. The van der Waals surface area contributed by atoms with Crippen LogP contribution in [0.4, 0.5) is 0 Å². The van der Waals surface area contributed by atoms with Gasteiger partial charge >= 0.3 is 18.9 Å². The van der Waals surface area contributed by atoms with E-state index in [-0.39, 0.29) is 47.4 Å². The number of carbonyl (C=O) groups excluding carboxylic acids is 1. The minimum atomic E-state index is -0.373. The number of hydrogen-bond donors (Lipinski definition) is 0. The van der Waals surface area contributed by atoms with Crippen LogP contribution >= 0.6 is 8.58 Å². The second-order valence-electron chi connectivity index (χ2n) is 8.14. The van der Waals surface area contributed by atoms with Crippen molar-refractivity contribution in [2.24, 2.45) is 10.8 Å². The van der Waals surface area contributed by atoms with E-state index in [9.17, 15) is 4.79 Å². The predicted octanol–water partition coefficient (Wildman–Crippen LogP) is 2.90. The summed E-state index contributed by atoms with van der Waals surface area (Å²) in [5, 5.41) is 0.920. The van der Waals surface area contributed by atoms with Crippen LogP contribution in [0, 0.1) is 10.8 Å². The number of rotatable bonds is 9. The summed E-state index contributed by atoms with van der Waals surface area (Å²) in [5.41, 5.74) is 0.0713. The van der Waals surface area contributed by atoms with Gasteiger partial charge in [0.05, 0.1) is 24.6 Å². The fourth-order valence-electron chi connectivity index (χ4n) is 4.31. The van der Waals surface area contributed by atoms with Crippen LogP contribution in [0.25, 0.3) is 0 Å². The molecule has 0 bridgehead atoms. The van der Waals surface area contributed by atoms with E-state index in [4.69, 9.17) is 14.2 Å². The average Bonchev–Trinajstić information content (AvgIpc) is 2.66. The van der Waals surface area contributed by atoms with Crippen LogP contribution in [0.15, 0.2) is 41.4 Å². The molecular weight excluding hydrogens is 378 g/mol. The molecule has 2 atom stereocenters. The molecule has 0 amide bonds. The second-order valence-corrected chi connectivity index (χ2v) is 9.26. The van der Waals surface area contributed by atoms with Gasteiger partial charge in [-0.1, -0.05) is 58.0 Å². The van der Waals surface area contributed by atoms with Crippen LogP contribution in [-0.4, -0.2) is 37.6 Å². The summed E-state index contributed by atoms with van der Waals surface area (Å²) in [4.78, 5) is 13.1. The minimum absolute atomic E-state index is 0. The number of hydrogen-bond acceptors (Lipinski definition) is 4. The topological polar surface area (TPSA) is 44.8 Å². The molecule has 1 aromatic rings. The molecule has 4 nitrogen and oxygen atoms in total. The molecule has 0 saturated heterocycles. The zero-order valence-electron chi connectivity index (χ0n) is 19.2. The van der Waals surface area contributed by atoms with Crippen molar-refractivity contribution in [1.29, 1.82) is 0 Å². The second kappa shape index (κ2) is 11.1. The third-order valence-electron chi connectivity index (χ3n) is 5.27. The zero-order chi connectivity index (χ0) is 20.9. The van der Waals surface area contributed by atoms with E-state index in [1.807, 2.05) is 51.1 Å². The van der Waals surface area contributed by atoms with Gasteiger partial charge in [-0.15, -0.1) is 0 Å². The quantitative estimate of drug-likeness (QED) is 0.462. The molecule has 0 aromatic heterocycles. The van der Waals surface area contributed by atoms with E-state index >= 15 is 0 Å². The molecular formula is C23H34LiO4P. The summed E-state index contributed by atoms with van der Waals surface area (Å²) < 4.78 is 18.6. The molecule has 0 spiro atoms. The SMILES string of the molecule is CCOC1=C([P-]C(=O)c2ccccc2)C(OCC)C(C)(C)C(OCC)C1(C)C.[Li+]. The van der Waals surface area contributed by atoms with Gasteiger partial charge in [-0.2, -0.15) is 5.31 Å². The molecule has 0 N–H and O–H groups in total.